The molecule has 0 radical (unpaired) electrons. The monoisotopic (exact) mass is 344 g/mol. The Kier molecular flexibility index (Phi) is 5.26. The van der Waals surface area contributed by atoms with Crippen LogP contribution in [0, 0.1) is 6.92 Å². The number of amides is 3. The summed E-state index contributed by atoms with van der Waals surface area (Å²) in [4.78, 5) is 24.0. The normalized spacial score (nSPS) is 10.4. The van der Waals surface area contributed by atoms with Crippen molar-refractivity contribution in [2.75, 3.05) is 17.8 Å². The first-order valence-corrected chi connectivity index (χ1v) is 8.90. The van der Waals surface area contributed by atoms with Gasteiger partial charge in [0.1, 0.15) is 10.8 Å². The Hall–Kier alpha value is -1.52. The van der Waals surface area contributed by atoms with Crippen molar-refractivity contribution in [1.82, 2.24) is 14.8 Å². The average Bonchev–Trinajstić information content (AvgIpc) is 3.04. The summed E-state index contributed by atoms with van der Waals surface area (Å²) in [5.41, 5.74) is 0.423. The fourth-order valence-electron chi connectivity index (χ4n) is 1.47. The highest BCUT2D eigenvalue weighted by Gasteiger charge is 2.22. The number of aryl methyl sites for hydroxylation is 1. The Bertz CT molecular complexity index is 646. The van der Waals surface area contributed by atoms with Crippen molar-refractivity contribution in [1.29, 1.82) is 0 Å². The van der Waals surface area contributed by atoms with Crippen LogP contribution in [0.4, 0.5) is 10.6 Å². The van der Waals surface area contributed by atoms with Gasteiger partial charge in [-0.3, -0.25) is 15.4 Å². The maximum atomic E-state index is 12.2. The van der Waals surface area contributed by atoms with E-state index in [0.29, 0.717) is 16.3 Å². The van der Waals surface area contributed by atoms with Crippen molar-refractivity contribution < 1.29 is 14.1 Å². The smallest absolute Gasteiger partial charge is 0.327 e. The van der Waals surface area contributed by atoms with Gasteiger partial charge in [0.25, 0.3) is 5.91 Å². The molecule has 0 saturated heterocycles. The topological polar surface area (TPSA) is 97.1 Å². The lowest BCUT2D eigenvalue weighted by Gasteiger charge is -2.05. The molecule has 0 atom stereocenters. The molecule has 0 aliphatic carbocycles. The summed E-state index contributed by atoms with van der Waals surface area (Å²) in [6, 6.07) is 0.884. The molecule has 0 spiro atoms. The molecule has 2 rings (SSSR count). The van der Waals surface area contributed by atoms with Crippen LogP contribution in [0.3, 0.4) is 0 Å². The van der Waals surface area contributed by atoms with E-state index >= 15 is 0 Å². The number of nitrogens with one attached hydrogen (secondary N) is 2. The van der Waals surface area contributed by atoms with Gasteiger partial charge in [-0.1, -0.05) is 5.16 Å². The molecule has 0 saturated carbocycles. The van der Waals surface area contributed by atoms with Crippen LogP contribution in [-0.2, 0) is 0 Å². The molecule has 21 heavy (non-hydrogen) atoms. The molecular weight excluding hydrogens is 332 g/mol. The number of aromatic nitrogens is 2. The van der Waals surface area contributed by atoms with Crippen LogP contribution in [0.25, 0.3) is 0 Å². The van der Waals surface area contributed by atoms with Gasteiger partial charge in [-0.05, 0) is 31.0 Å². The largest absolute Gasteiger partial charge is 0.360 e. The number of hydrogen-bond donors (Lipinski definition) is 2. The highest BCUT2D eigenvalue weighted by atomic mass is 32.2. The van der Waals surface area contributed by atoms with Crippen molar-refractivity contribution in [2.24, 2.45) is 0 Å². The van der Waals surface area contributed by atoms with E-state index in [9.17, 15) is 9.59 Å². The molecule has 3 amide bonds. The van der Waals surface area contributed by atoms with Gasteiger partial charge < -0.3 is 4.52 Å². The van der Waals surface area contributed by atoms with E-state index in [4.69, 9.17) is 4.52 Å². The second kappa shape index (κ2) is 6.96. The van der Waals surface area contributed by atoms with Crippen LogP contribution in [-0.4, -0.2) is 34.0 Å². The molecule has 10 heteroatoms. The number of rotatable bonds is 4. The minimum absolute atomic E-state index is 0.247. The van der Waals surface area contributed by atoms with Crippen molar-refractivity contribution >= 4 is 52.8 Å². The van der Waals surface area contributed by atoms with Crippen molar-refractivity contribution in [3.63, 3.8) is 0 Å². The summed E-state index contributed by atoms with van der Waals surface area (Å²) in [5, 5.41) is 8.90. The van der Waals surface area contributed by atoms with E-state index < -0.39 is 11.9 Å². The lowest BCUT2D eigenvalue weighted by molar-refractivity contribution is 0.0961. The molecule has 2 heterocycles. The Balaban J connectivity index is 2.07. The summed E-state index contributed by atoms with van der Waals surface area (Å²) >= 11 is 4.01. The molecule has 112 valence electrons. The highest BCUT2D eigenvalue weighted by molar-refractivity contribution is 8.01. The third-order valence-corrected chi connectivity index (χ3v) is 5.07. The number of carbonyl (C=O) groups is 2. The Morgan fingerprint density at radius 1 is 1.33 bits per heavy atom. The fourth-order valence-corrected chi connectivity index (χ4v) is 3.75. The van der Waals surface area contributed by atoms with E-state index in [1.54, 1.807) is 13.0 Å². The molecule has 2 N–H and O–H groups in total. The molecule has 0 aliphatic rings. The average molecular weight is 344 g/mol. The number of urea groups is 1. The molecule has 2 aromatic rings. The second-order valence-electron chi connectivity index (χ2n) is 3.79. The summed E-state index contributed by atoms with van der Waals surface area (Å²) in [5.74, 6) is 0.319. The van der Waals surface area contributed by atoms with E-state index in [1.165, 1.54) is 35.1 Å². The quantitative estimate of drug-likeness (QED) is 0.823. The van der Waals surface area contributed by atoms with E-state index in [2.05, 4.69) is 20.2 Å². The van der Waals surface area contributed by atoms with Crippen LogP contribution in [0.2, 0.25) is 0 Å². The van der Waals surface area contributed by atoms with Crippen LogP contribution in [0.5, 0.6) is 0 Å². The van der Waals surface area contributed by atoms with E-state index in [-0.39, 0.29) is 5.82 Å². The predicted octanol–water partition coefficient (Wildman–Crippen LogP) is 2.85. The molecule has 0 aliphatic heterocycles. The predicted molar refractivity (Wildman–Crippen MR) is 83.4 cm³/mol. The van der Waals surface area contributed by atoms with Crippen LogP contribution in [0.15, 0.2) is 19.8 Å². The number of carbonyl (C=O) groups excluding carboxylic acids is 2. The SMILES string of the molecule is CSc1nsc(SC)c1C(=O)NC(=O)Nc1cc(C)on1. The lowest BCUT2D eigenvalue weighted by Crippen LogP contribution is -2.34. The second-order valence-corrected chi connectivity index (χ2v) is 6.43. The summed E-state index contributed by atoms with van der Waals surface area (Å²) in [6.45, 7) is 1.70. The van der Waals surface area contributed by atoms with Gasteiger partial charge in [-0.2, -0.15) is 4.37 Å². The molecular formula is C11H12N4O3S3. The van der Waals surface area contributed by atoms with Gasteiger partial charge in [0, 0.05) is 6.07 Å². The van der Waals surface area contributed by atoms with Crippen LogP contribution in [0.1, 0.15) is 16.1 Å². The van der Waals surface area contributed by atoms with Crippen LogP contribution < -0.4 is 10.6 Å². The van der Waals surface area contributed by atoms with Gasteiger partial charge in [0.15, 0.2) is 5.82 Å². The molecule has 0 fully saturated rings. The molecule has 0 bridgehead atoms. The van der Waals surface area contributed by atoms with E-state index in [1.807, 2.05) is 12.5 Å². The van der Waals surface area contributed by atoms with Gasteiger partial charge in [-0.25, -0.2) is 4.79 Å². The van der Waals surface area contributed by atoms with Crippen LogP contribution >= 0.6 is 35.1 Å². The maximum Gasteiger partial charge on any atom is 0.327 e. The lowest BCUT2D eigenvalue weighted by atomic mass is 10.3. The minimum Gasteiger partial charge on any atom is -0.360 e. The van der Waals surface area contributed by atoms with Gasteiger partial charge in [-0.15, -0.1) is 23.5 Å². The van der Waals surface area contributed by atoms with E-state index in [0.717, 1.165) is 4.21 Å². The molecule has 0 aromatic carbocycles. The van der Waals surface area contributed by atoms with Gasteiger partial charge >= 0.3 is 6.03 Å². The first-order chi connectivity index (χ1) is 10.0. The number of imide groups is 1. The van der Waals surface area contributed by atoms with Crippen molar-refractivity contribution in [3.8, 4) is 0 Å². The zero-order chi connectivity index (χ0) is 15.4. The standard InChI is InChI=1S/C11H12N4O3S3/c1-5-4-6(14-18-5)12-11(17)13-8(16)7-9(19-2)15-21-10(7)20-3/h4H,1-3H3,(H2,12,13,14,16,17). The van der Waals surface area contributed by atoms with Crippen molar-refractivity contribution in [2.45, 2.75) is 16.2 Å². The van der Waals surface area contributed by atoms with Crippen molar-refractivity contribution in [3.05, 3.63) is 17.4 Å². The summed E-state index contributed by atoms with van der Waals surface area (Å²) < 4.78 is 9.77. The third-order valence-electron chi connectivity index (χ3n) is 2.33. The third kappa shape index (κ3) is 3.77. The van der Waals surface area contributed by atoms with Gasteiger partial charge in [0.2, 0.25) is 0 Å². The summed E-state index contributed by atoms with van der Waals surface area (Å²) in [7, 11) is 0. The van der Waals surface area contributed by atoms with Gasteiger partial charge in [0.05, 0.1) is 9.77 Å². The molecule has 2 aromatic heterocycles. The first kappa shape index (κ1) is 15.9. The minimum atomic E-state index is -0.668. The first-order valence-electron chi connectivity index (χ1n) is 5.68. The molecule has 7 nitrogen and oxygen atoms in total. The molecule has 0 unspecified atom stereocenters. The maximum absolute atomic E-state index is 12.2. The fraction of sp³-hybridized carbons (Fsp3) is 0.273. The zero-order valence-electron chi connectivity index (χ0n) is 11.4. The number of hydrogen-bond acceptors (Lipinski definition) is 8. The summed E-state index contributed by atoms with van der Waals surface area (Å²) in [6.07, 6.45) is 3.68. The number of thioether (sulfide) groups is 2. The Labute approximate surface area is 133 Å². The Morgan fingerprint density at radius 2 is 2.10 bits per heavy atom. The number of anilines is 1. The Morgan fingerprint density at radius 3 is 2.67 bits per heavy atom. The zero-order valence-corrected chi connectivity index (χ0v) is 13.9. The number of nitrogens with zero attached hydrogens (tertiary/aromatic N) is 2. The highest BCUT2D eigenvalue weighted by Crippen LogP contribution is 2.32.